The van der Waals surface area contributed by atoms with Crippen molar-refractivity contribution in [3.05, 3.63) is 54.1 Å². The summed E-state index contributed by atoms with van der Waals surface area (Å²) >= 11 is 1.91. The Labute approximate surface area is 216 Å². The van der Waals surface area contributed by atoms with Crippen molar-refractivity contribution in [3.63, 3.8) is 0 Å². The zero-order chi connectivity index (χ0) is 25.4. The van der Waals surface area contributed by atoms with E-state index >= 15 is 0 Å². The van der Waals surface area contributed by atoms with Crippen LogP contribution in [-0.4, -0.2) is 33.0 Å². The van der Waals surface area contributed by atoms with E-state index in [9.17, 15) is 4.79 Å². The van der Waals surface area contributed by atoms with Gasteiger partial charge in [0.25, 0.3) is 0 Å². The predicted octanol–water partition coefficient (Wildman–Crippen LogP) is 8.83. The lowest BCUT2D eigenvalue weighted by Gasteiger charge is -2.24. The van der Waals surface area contributed by atoms with Crippen molar-refractivity contribution in [1.82, 2.24) is 9.55 Å². The monoisotopic (exact) mass is 493 g/mol. The maximum absolute atomic E-state index is 13.6. The fraction of sp³-hybridized carbons (Fsp3) is 0.533. The number of carbonyl (C=O) groups excluding carboxylic acids is 1. The molecular weight excluding hydrogens is 450 g/mol. The zero-order valence-electron chi connectivity index (χ0n) is 22.5. The van der Waals surface area contributed by atoms with Gasteiger partial charge >= 0.3 is 0 Å². The molecule has 1 unspecified atom stereocenters. The number of hydrogen-bond acceptors (Lipinski definition) is 4. The summed E-state index contributed by atoms with van der Waals surface area (Å²) in [6, 6.07) is 16.6. The Bertz CT molecular complexity index is 1090. The highest BCUT2D eigenvalue weighted by molar-refractivity contribution is 8.00. The van der Waals surface area contributed by atoms with E-state index in [2.05, 4.69) is 65.0 Å². The van der Waals surface area contributed by atoms with E-state index in [-0.39, 0.29) is 10.7 Å². The zero-order valence-corrected chi connectivity index (χ0v) is 23.3. The molecular formula is C30H43N3OS. The number of imidazole rings is 1. The summed E-state index contributed by atoms with van der Waals surface area (Å²) in [5, 5.41) is 0. The first-order chi connectivity index (χ1) is 16.8. The van der Waals surface area contributed by atoms with Crippen LogP contribution in [0.2, 0.25) is 0 Å². The highest BCUT2D eigenvalue weighted by atomic mass is 32.2. The van der Waals surface area contributed by atoms with E-state index < -0.39 is 0 Å². The number of fused-ring (bicyclic) bond motifs is 1. The molecule has 0 saturated heterocycles. The largest absolute Gasteiger partial charge is 0.315 e. The maximum atomic E-state index is 13.6. The number of thioether (sulfide) groups is 1. The molecule has 0 spiro atoms. The second-order valence-corrected chi connectivity index (χ2v) is 12.1. The van der Waals surface area contributed by atoms with Crippen LogP contribution in [0, 0.1) is 0 Å². The first-order valence-electron chi connectivity index (χ1n) is 13.3. The number of anilines is 2. The van der Waals surface area contributed by atoms with Gasteiger partial charge < -0.3 is 4.90 Å². The molecule has 0 N–H and O–H groups in total. The average Bonchev–Trinajstić information content (AvgIpc) is 3.24. The van der Waals surface area contributed by atoms with Crippen molar-refractivity contribution in [2.75, 3.05) is 17.7 Å². The molecule has 2 aromatic carbocycles. The summed E-state index contributed by atoms with van der Waals surface area (Å²) in [6.45, 7) is 11.3. The Morgan fingerprint density at radius 2 is 1.80 bits per heavy atom. The van der Waals surface area contributed by atoms with E-state index in [0.717, 1.165) is 22.5 Å². The number of rotatable bonds is 13. The second-order valence-electron chi connectivity index (χ2n) is 10.3. The SMILES string of the molecule is CCCCC(C)c1ccc2c(c1)nc(N(C)c1ccccc1)n2C(=O)CCSC(C)(C)CCCC. The van der Waals surface area contributed by atoms with E-state index in [1.165, 1.54) is 44.1 Å². The second kappa shape index (κ2) is 12.6. The third kappa shape index (κ3) is 7.13. The number of unbranched alkanes of at least 4 members (excludes halogenated alkanes) is 2. The van der Waals surface area contributed by atoms with Gasteiger partial charge in [0, 0.05) is 29.7 Å². The van der Waals surface area contributed by atoms with Crippen molar-refractivity contribution in [2.45, 2.75) is 90.2 Å². The molecule has 0 aliphatic heterocycles. The van der Waals surface area contributed by atoms with Crippen LogP contribution in [0.15, 0.2) is 48.5 Å². The molecule has 0 amide bonds. The van der Waals surface area contributed by atoms with Crippen molar-refractivity contribution < 1.29 is 4.79 Å². The normalized spacial score (nSPS) is 12.7. The first-order valence-corrected chi connectivity index (χ1v) is 14.2. The van der Waals surface area contributed by atoms with Crippen molar-refractivity contribution in [2.24, 2.45) is 0 Å². The van der Waals surface area contributed by atoms with Crippen LogP contribution in [0.3, 0.4) is 0 Å². The van der Waals surface area contributed by atoms with Crippen LogP contribution in [0.25, 0.3) is 11.0 Å². The van der Waals surface area contributed by atoms with E-state index in [1.807, 2.05) is 46.5 Å². The van der Waals surface area contributed by atoms with E-state index in [4.69, 9.17) is 4.98 Å². The molecule has 1 aromatic heterocycles. The van der Waals surface area contributed by atoms with Crippen LogP contribution in [-0.2, 0) is 0 Å². The topological polar surface area (TPSA) is 38.1 Å². The van der Waals surface area contributed by atoms with Crippen LogP contribution in [0.5, 0.6) is 0 Å². The molecule has 3 rings (SSSR count). The van der Waals surface area contributed by atoms with Gasteiger partial charge in [-0.2, -0.15) is 11.8 Å². The molecule has 0 saturated carbocycles. The van der Waals surface area contributed by atoms with Crippen LogP contribution >= 0.6 is 11.8 Å². The fourth-order valence-corrected chi connectivity index (χ4v) is 5.63. The minimum Gasteiger partial charge on any atom is -0.315 e. The fourth-order valence-electron chi connectivity index (χ4n) is 4.51. The van der Waals surface area contributed by atoms with Gasteiger partial charge in [0.15, 0.2) is 0 Å². The summed E-state index contributed by atoms with van der Waals surface area (Å²) in [4.78, 5) is 20.6. The number of para-hydroxylation sites is 1. The van der Waals surface area contributed by atoms with Crippen molar-refractivity contribution >= 4 is 40.3 Å². The Balaban J connectivity index is 1.91. The molecule has 5 heteroatoms. The number of carbonyl (C=O) groups is 1. The quantitative estimate of drug-likeness (QED) is 0.238. The molecule has 1 atom stereocenters. The average molecular weight is 494 g/mol. The Morgan fingerprint density at radius 1 is 1.09 bits per heavy atom. The van der Waals surface area contributed by atoms with Gasteiger partial charge in [-0.3, -0.25) is 4.79 Å². The molecule has 190 valence electrons. The standard InChI is InChI=1S/C30H43N3OS/c1-7-9-14-23(3)24-17-18-27-26(22-24)31-29(32(6)25-15-12-11-13-16-25)33(27)28(34)19-21-35-30(4,5)20-10-8-2/h11-13,15-18,22-23H,7-10,14,19-21H2,1-6H3. The molecule has 35 heavy (non-hydrogen) atoms. The molecule has 0 aliphatic carbocycles. The molecule has 0 fully saturated rings. The molecule has 0 aliphatic rings. The van der Waals surface area contributed by atoms with Gasteiger partial charge in [-0.25, -0.2) is 9.55 Å². The third-order valence-corrected chi connectivity index (χ3v) is 8.25. The summed E-state index contributed by atoms with van der Waals surface area (Å²) in [5.74, 6) is 2.09. The summed E-state index contributed by atoms with van der Waals surface area (Å²) in [6.07, 6.45) is 7.70. The van der Waals surface area contributed by atoms with Crippen molar-refractivity contribution in [1.29, 1.82) is 0 Å². The van der Waals surface area contributed by atoms with Gasteiger partial charge in [-0.1, -0.05) is 84.6 Å². The summed E-state index contributed by atoms with van der Waals surface area (Å²) in [7, 11) is 1.99. The highest BCUT2D eigenvalue weighted by Crippen LogP contribution is 2.33. The lowest BCUT2D eigenvalue weighted by Crippen LogP contribution is -2.21. The van der Waals surface area contributed by atoms with Crippen LogP contribution < -0.4 is 4.90 Å². The Kier molecular flexibility index (Phi) is 9.85. The van der Waals surface area contributed by atoms with E-state index in [0.29, 0.717) is 18.3 Å². The Morgan fingerprint density at radius 3 is 2.49 bits per heavy atom. The predicted molar refractivity (Wildman–Crippen MR) is 153 cm³/mol. The number of hydrogen-bond donors (Lipinski definition) is 0. The molecule has 3 aromatic rings. The van der Waals surface area contributed by atoms with Gasteiger partial charge in [-0.05, 0) is 48.6 Å². The highest BCUT2D eigenvalue weighted by Gasteiger charge is 2.23. The number of benzene rings is 2. The van der Waals surface area contributed by atoms with Gasteiger partial charge in [0.1, 0.15) is 0 Å². The lowest BCUT2D eigenvalue weighted by molar-refractivity contribution is 0.0917. The van der Waals surface area contributed by atoms with E-state index in [1.54, 1.807) is 0 Å². The number of aromatic nitrogens is 2. The van der Waals surface area contributed by atoms with Crippen LogP contribution in [0.1, 0.15) is 95.8 Å². The minimum absolute atomic E-state index is 0.107. The molecule has 1 heterocycles. The summed E-state index contributed by atoms with van der Waals surface area (Å²) in [5.41, 5.74) is 4.11. The van der Waals surface area contributed by atoms with Gasteiger partial charge in [0.2, 0.25) is 11.9 Å². The maximum Gasteiger partial charge on any atom is 0.234 e. The molecule has 0 bridgehead atoms. The van der Waals surface area contributed by atoms with Gasteiger partial charge in [-0.15, -0.1) is 0 Å². The number of nitrogens with zero attached hydrogens (tertiary/aromatic N) is 3. The van der Waals surface area contributed by atoms with Crippen LogP contribution in [0.4, 0.5) is 11.6 Å². The molecule has 4 nitrogen and oxygen atoms in total. The third-order valence-electron chi connectivity index (χ3n) is 6.85. The smallest absolute Gasteiger partial charge is 0.234 e. The lowest BCUT2D eigenvalue weighted by atomic mass is 9.95. The van der Waals surface area contributed by atoms with Gasteiger partial charge in [0.05, 0.1) is 11.0 Å². The first kappa shape index (κ1) is 27.3. The van der Waals surface area contributed by atoms with Crippen molar-refractivity contribution in [3.8, 4) is 0 Å². The molecule has 0 radical (unpaired) electrons. The minimum atomic E-state index is 0.107. The summed E-state index contributed by atoms with van der Waals surface area (Å²) < 4.78 is 2.03. The Hall–Kier alpha value is -2.27.